The molecule has 98 valence electrons. The topological polar surface area (TPSA) is 49.3 Å². The molecule has 0 saturated heterocycles. The summed E-state index contributed by atoms with van der Waals surface area (Å²) in [6, 6.07) is 11.7. The van der Waals surface area contributed by atoms with E-state index < -0.39 is 17.8 Å². The Labute approximate surface area is 118 Å². The van der Waals surface area contributed by atoms with E-state index in [0.717, 1.165) is 4.47 Å². The third kappa shape index (κ3) is 3.32. The maximum Gasteiger partial charge on any atom is 0.330 e. The van der Waals surface area contributed by atoms with Crippen molar-refractivity contribution in [1.29, 1.82) is 0 Å². The standard InChI is InChI=1S/C14H11BrFNO2/c15-9-5-7-10(8-6-9)17-13(14(18)19)11-3-1-2-4-12(11)16/h1-8,13,17H,(H,18,19). The summed E-state index contributed by atoms with van der Waals surface area (Å²) in [4.78, 5) is 11.3. The van der Waals surface area contributed by atoms with Crippen LogP contribution in [0, 0.1) is 5.82 Å². The first-order valence-electron chi connectivity index (χ1n) is 5.57. The minimum absolute atomic E-state index is 0.109. The average Bonchev–Trinajstić information content (AvgIpc) is 2.39. The predicted octanol–water partition coefficient (Wildman–Crippen LogP) is 3.83. The van der Waals surface area contributed by atoms with Crippen LogP contribution < -0.4 is 5.32 Å². The van der Waals surface area contributed by atoms with Gasteiger partial charge in [0.2, 0.25) is 0 Å². The fraction of sp³-hybridized carbons (Fsp3) is 0.0714. The summed E-state index contributed by atoms with van der Waals surface area (Å²) in [5, 5.41) is 12.0. The molecule has 0 spiro atoms. The molecule has 2 aromatic carbocycles. The van der Waals surface area contributed by atoms with Crippen LogP contribution in [0.5, 0.6) is 0 Å². The molecule has 2 aromatic rings. The number of rotatable bonds is 4. The number of aliphatic carboxylic acids is 1. The van der Waals surface area contributed by atoms with Crippen molar-refractivity contribution in [2.24, 2.45) is 0 Å². The van der Waals surface area contributed by atoms with Crippen LogP contribution in [0.1, 0.15) is 11.6 Å². The van der Waals surface area contributed by atoms with E-state index in [-0.39, 0.29) is 5.56 Å². The van der Waals surface area contributed by atoms with Crippen LogP contribution in [0.15, 0.2) is 53.0 Å². The first-order valence-corrected chi connectivity index (χ1v) is 6.36. The number of benzene rings is 2. The molecule has 1 unspecified atom stereocenters. The highest BCUT2D eigenvalue weighted by Gasteiger charge is 2.22. The van der Waals surface area contributed by atoms with E-state index in [1.165, 1.54) is 18.2 Å². The lowest BCUT2D eigenvalue weighted by Crippen LogP contribution is -2.21. The van der Waals surface area contributed by atoms with Gasteiger partial charge in [-0.15, -0.1) is 0 Å². The van der Waals surface area contributed by atoms with Crippen LogP contribution in [0.4, 0.5) is 10.1 Å². The Morgan fingerprint density at radius 1 is 1.16 bits per heavy atom. The van der Waals surface area contributed by atoms with Gasteiger partial charge in [0.05, 0.1) is 0 Å². The van der Waals surface area contributed by atoms with Gasteiger partial charge in [0, 0.05) is 15.7 Å². The van der Waals surface area contributed by atoms with Gasteiger partial charge in [-0.3, -0.25) is 0 Å². The second-order valence-electron chi connectivity index (χ2n) is 3.94. The normalized spacial score (nSPS) is 11.9. The lowest BCUT2D eigenvalue weighted by Gasteiger charge is -2.16. The molecule has 19 heavy (non-hydrogen) atoms. The molecule has 0 aliphatic heterocycles. The van der Waals surface area contributed by atoms with Crippen LogP contribution in [0.3, 0.4) is 0 Å². The Morgan fingerprint density at radius 3 is 2.37 bits per heavy atom. The second kappa shape index (κ2) is 5.84. The summed E-state index contributed by atoms with van der Waals surface area (Å²) in [5.41, 5.74) is 0.719. The summed E-state index contributed by atoms with van der Waals surface area (Å²) in [6.45, 7) is 0. The number of carboxylic acids is 1. The van der Waals surface area contributed by atoms with E-state index in [1.807, 2.05) is 0 Å². The summed E-state index contributed by atoms with van der Waals surface area (Å²) in [6.07, 6.45) is 0. The molecule has 0 bridgehead atoms. The first kappa shape index (κ1) is 13.5. The van der Waals surface area contributed by atoms with Crippen molar-refractivity contribution in [3.8, 4) is 0 Å². The van der Waals surface area contributed by atoms with E-state index in [9.17, 15) is 14.3 Å². The molecule has 0 heterocycles. The van der Waals surface area contributed by atoms with Crippen LogP contribution in [0.25, 0.3) is 0 Å². The van der Waals surface area contributed by atoms with E-state index >= 15 is 0 Å². The van der Waals surface area contributed by atoms with Crippen molar-refractivity contribution in [2.75, 3.05) is 5.32 Å². The summed E-state index contributed by atoms with van der Waals surface area (Å²) in [7, 11) is 0. The highest BCUT2D eigenvalue weighted by atomic mass is 79.9. The molecule has 5 heteroatoms. The van der Waals surface area contributed by atoms with Gasteiger partial charge >= 0.3 is 5.97 Å². The fourth-order valence-electron chi connectivity index (χ4n) is 1.69. The quantitative estimate of drug-likeness (QED) is 0.899. The zero-order valence-corrected chi connectivity index (χ0v) is 11.4. The van der Waals surface area contributed by atoms with Gasteiger partial charge in [0.15, 0.2) is 6.04 Å². The van der Waals surface area contributed by atoms with Gasteiger partial charge in [-0.25, -0.2) is 9.18 Å². The van der Waals surface area contributed by atoms with E-state index in [2.05, 4.69) is 21.2 Å². The molecule has 1 atom stereocenters. The number of hydrogen-bond acceptors (Lipinski definition) is 2. The number of halogens is 2. The van der Waals surface area contributed by atoms with E-state index in [1.54, 1.807) is 30.3 Å². The molecule has 0 aliphatic carbocycles. The summed E-state index contributed by atoms with van der Waals surface area (Å²) >= 11 is 3.29. The SMILES string of the molecule is O=C(O)C(Nc1ccc(Br)cc1)c1ccccc1F. The lowest BCUT2D eigenvalue weighted by atomic mass is 10.1. The Hall–Kier alpha value is -1.88. The third-order valence-electron chi connectivity index (χ3n) is 2.62. The maximum absolute atomic E-state index is 13.7. The van der Waals surface area contributed by atoms with Crippen LogP contribution in [-0.2, 0) is 4.79 Å². The summed E-state index contributed by atoms with van der Waals surface area (Å²) < 4.78 is 14.5. The fourth-order valence-corrected chi connectivity index (χ4v) is 1.96. The molecule has 3 nitrogen and oxygen atoms in total. The van der Waals surface area contributed by atoms with E-state index in [0.29, 0.717) is 5.69 Å². The van der Waals surface area contributed by atoms with Gasteiger partial charge in [0.1, 0.15) is 5.82 Å². The van der Waals surface area contributed by atoms with Crippen LogP contribution in [-0.4, -0.2) is 11.1 Å². The zero-order chi connectivity index (χ0) is 13.8. The van der Waals surface area contributed by atoms with Crippen LogP contribution >= 0.6 is 15.9 Å². The third-order valence-corrected chi connectivity index (χ3v) is 3.15. The molecule has 0 aliphatic rings. The number of nitrogens with one attached hydrogen (secondary N) is 1. The predicted molar refractivity (Wildman–Crippen MR) is 74.5 cm³/mol. The van der Waals surface area contributed by atoms with Crippen molar-refractivity contribution < 1.29 is 14.3 Å². The summed E-state index contributed by atoms with van der Waals surface area (Å²) in [5.74, 6) is -1.67. The molecule has 0 amide bonds. The molecule has 0 radical (unpaired) electrons. The number of hydrogen-bond donors (Lipinski definition) is 2. The van der Waals surface area contributed by atoms with Gasteiger partial charge in [-0.2, -0.15) is 0 Å². The molecule has 2 N–H and O–H groups in total. The first-order chi connectivity index (χ1) is 9.08. The Balaban J connectivity index is 2.29. The Bertz CT molecular complexity index is 586. The second-order valence-corrected chi connectivity index (χ2v) is 4.86. The number of anilines is 1. The van der Waals surface area contributed by atoms with Gasteiger partial charge in [-0.1, -0.05) is 34.1 Å². The maximum atomic E-state index is 13.7. The Morgan fingerprint density at radius 2 is 1.79 bits per heavy atom. The monoisotopic (exact) mass is 323 g/mol. The minimum Gasteiger partial charge on any atom is -0.479 e. The highest BCUT2D eigenvalue weighted by Crippen LogP contribution is 2.23. The smallest absolute Gasteiger partial charge is 0.330 e. The molecular weight excluding hydrogens is 313 g/mol. The van der Waals surface area contributed by atoms with Crippen molar-refractivity contribution in [2.45, 2.75) is 6.04 Å². The zero-order valence-electron chi connectivity index (χ0n) is 9.81. The largest absolute Gasteiger partial charge is 0.479 e. The van der Waals surface area contributed by atoms with Gasteiger partial charge < -0.3 is 10.4 Å². The van der Waals surface area contributed by atoms with Crippen LogP contribution in [0.2, 0.25) is 0 Å². The number of carbonyl (C=O) groups is 1. The van der Waals surface area contributed by atoms with Crippen molar-refractivity contribution in [3.05, 3.63) is 64.4 Å². The number of carboxylic acid groups (broad SMARTS) is 1. The molecule has 0 saturated carbocycles. The minimum atomic E-state index is -1.13. The van der Waals surface area contributed by atoms with Crippen molar-refractivity contribution in [1.82, 2.24) is 0 Å². The molecule has 2 rings (SSSR count). The molecule has 0 fully saturated rings. The molecule has 0 aromatic heterocycles. The van der Waals surface area contributed by atoms with Crippen molar-refractivity contribution >= 4 is 27.6 Å². The van der Waals surface area contributed by atoms with E-state index in [4.69, 9.17) is 0 Å². The average molecular weight is 324 g/mol. The van der Waals surface area contributed by atoms with Crippen molar-refractivity contribution in [3.63, 3.8) is 0 Å². The lowest BCUT2D eigenvalue weighted by molar-refractivity contribution is -0.138. The van der Waals surface area contributed by atoms with Gasteiger partial charge in [-0.05, 0) is 30.3 Å². The Kier molecular flexibility index (Phi) is 4.16. The van der Waals surface area contributed by atoms with Gasteiger partial charge in [0.25, 0.3) is 0 Å². The molecular formula is C14H11BrFNO2. The highest BCUT2D eigenvalue weighted by molar-refractivity contribution is 9.10.